The van der Waals surface area contributed by atoms with Gasteiger partial charge in [0.25, 0.3) is 0 Å². The van der Waals surface area contributed by atoms with Crippen LogP contribution in [-0.4, -0.2) is 5.91 Å². The van der Waals surface area contributed by atoms with E-state index >= 15 is 0 Å². The number of amides is 1. The van der Waals surface area contributed by atoms with Gasteiger partial charge in [0.15, 0.2) is 0 Å². The molecule has 1 heterocycles. The first-order chi connectivity index (χ1) is 12.4. The van der Waals surface area contributed by atoms with E-state index in [1.807, 2.05) is 0 Å². The van der Waals surface area contributed by atoms with Gasteiger partial charge < -0.3 is 9.73 Å². The number of carbonyl (C=O) groups is 1. The summed E-state index contributed by atoms with van der Waals surface area (Å²) in [6, 6.07) is 13.6. The van der Waals surface area contributed by atoms with Crippen molar-refractivity contribution in [1.82, 2.24) is 0 Å². The Morgan fingerprint density at radius 1 is 0.962 bits per heavy atom. The van der Waals surface area contributed by atoms with Gasteiger partial charge in [0, 0.05) is 16.7 Å². The molecule has 0 spiro atoms. The average molecular weight is 427 g/mol. The number of halogens is 4. The number of hydrogen-bond acceptors (Lipinski definition) is 2. The Hall–Kier alpha value is -1.91. The molecule has 1 aromatic heterocycles. The Bertz CT molecular complexity index is 995. The number of anilines is 1. The predicted molar refractivity (Wildman–Crippen MR) is 108 cm³/mol. The number of carbonyl (C=O) groups excluding carboxylic acids is 1. The minimum absolute atomic E-state index is 0.368. The van der Waals surface area contributed by atoms with Gasteiger partial charge in [0.2, 0.25) is 5.91 Å². The van der Waals surface area contributed by atoms with Gasteiger partial charge in [-0.3, -0.25) is 4.79 Å². The number of furan rings is 1. The third kappa shape index (κ3) is 4.43. The fourth-order valence-electron chi connectivity index (χ4n) is 2.21. The van der Waals surface area contributed by atoms with Crippen LogP contribution in [0.15, 0.2) is 59.0 Å². The monoisotopic (exact) mass is 425 g/mol. The molecule has 3 nitrogen and oxygen atoms in total. The minimum Gasteiger partial charge on any atom is -0.457 e. The van der Waals surface area contributed by atoms with Crippen LogP contribution >= 0.6 is 46.4 Å². The number of rotatable bonds is 4. The van der Waals surface area contributed by atoms with Crippen molar-refractivity contribution in [3.05, 3.63) is 80.5 Å². The lowest BCUT2D eigenvalue weighted by Gasteiger charge is -2.04. The first-order valence-corrected chi connectivity index (χ1v) is 8.93. The van der Waals surface area contributed by atoms with Crippen LogP contribution in [0.2, 0.25) is 20.1 Å². The summed E-state index contributed by atoms with van der Waals surface area (Å²) in [6.45, 7) is 0. The standard InChI is InChI=1S/C19H11Cl4NO2/c20-11-4-7-14(21)16(10-11)24-18(25)9-6-12-5-8-17(26-12)13-2-1-3-15(22)19(13)23/h1-10H,(H,24,25). The lowest BCUT2D eigenvalue weighted by molar-refractivity contribution is -0.111. The van der Waals surface area contributed by atoms with E-state index in [0.29, 0.717) is 42.9 Å². The third-order valence-corrected chi connectivity index (χ3v) is 4.81. The van der Waals surface area contributed by atoms with Gasteiger partial charge in [-0.25, -0.2) is 0 Å². The Labute approximate surface area is 170 Å². The van der Waals surface area contributed by atoms with Crippen LogP contribution in [0, 0.1) is 0 Å². The van der Waals surface area contributed by atoms with Crippen molar-refractivity contribution in [3.8, 4) is 11.3 Å². The van der Waals surface area contributed by atoms with E-state index in [4.69, 9.17) is 50.8 Å². The number of nitrogens with one attached hydrogen (secondary N) is 1. The van der Waals surface area contributed by atoms with E-state index in [9.17, 15) is 4.79 Å². The average Bonchev–Trinajstić information content (AvgIpc) is 3.07. The zero-order chi connectivity index (χ0) is 18.7. The van der Waals surface area contributed by atoms with Crippen LogP contribution in [0.4, 0.5) is 5.69 Å². The van der Waals surface area contributed by atoms with Crippen LogP contribution < -0.4 is 5.32 Å². The molecule has 7 heteroatoms. The molecule has 0 aliphatic rings. The van der Waals surface area contributed by atoms with Crippen LogP contribution in [0.1, 0.15) is 5.76 Å². The molecule has 26 heavy (non-hydrogen) atoms. The summed E-state index contributed by atoms with van der Waals surface area (Å²) in [5, 5.41) is 4.37. The molecule has 1 N–H and O–H groups in total. The molecule has 0 atom stereocenters. The molecular weight excluding hydrogens is 416 g/mol. The highest BCUT2D eigenvalue weighted by Crippen LogP contribution is 2.34. The fourth-order valence-corrected chi connectivity index (χ4v) is 2.94. The highest BCUT2D eigenvalue weighted by molar-refractivity contribution is 6.43. The quantitative estimate of drug-likeness (QED) is 0.447. The summed E-state index contributed by atoms with van der Waals surface area (Å²) < 4.78 is 5.69. The molecule has 0 aliphatic heterocycles. The molecule has 0 unspecified atom stereocenters. The molecule has 0 radical (unpaired) electrons. The Balaban J connectivity index is 1.73. The molecule has 0 bridgehead atoms. The predicted octanol–water partition coefficient (Wildman–Crippen LogP) is 7.21. The molecule has 1 amide bonds. The summed E-state index contributed by atoms with van der Waals surface area (Å²) in [7, 11) is 0. The van der Waals surface area contributed by atoms with Gasteiger partial charge in [0.05, 0.1) is 20.8 Å². The van der Waals surface area contributed by atoms with Crippen molar-refractivity contribution in [2.75, 3.05) is 5.32 Å². The van der Waals surface area contributed by atoms with E-state index in [0.717, 1.165) is 0 Å². The van der Waals surface area contributed by atoms with Crippen molar-refractivity contribution in [2.24, 2.45) is 0 Å². The molecule has 3 rings (SSSR count). The maximum atomic E-state index is 12.0. The molecular formula is C19H11Cl4NO2. The zero-order valence-electron chi connectivity index (χ0n) is 13.1. The highest BCUT2D eigenvalue weighted by Gasteiger charge is 2.10. The second-order valence-electron chi connectivity index (χ2n) is 5.25. The third-order valence-electron chi connectivity index (χ3n) is 3.43. The Kier molecular flexibility index (Phi) is 5.94. The van der Waals surface area contributed by atoms with E-state index in [1.165, 1.54) is 12.2 Å². The van der Waals surface area contributed by atoms with Crippen LogP contribution in [0.25, 0.3) is 17.4 Å². The summed E-state index contributed by atoms with van der Waals surface area (Å²) in [6.07, 6.45) is 2.87. The largest absolute Gasteiger partial charge is 0.457 e. The minimum atomic E-state index is -0.368. The highest BCUT2D eigenvalue weighted by atomic mass is 35.5. The summed E-state index contributed by atoms with van der Waals surface area (Å²) in [4.78, 5) is 12.0. The van der Waals surface area contributed by atoms with E-state index < -0.39 is 0 Å². The number of hydrogen-bond donors (Lipinski definition) is 1. The maximum Gasteiger partial charge on any atom is 0.248 e. The normalized spacial score (nSPS) is 11.1. The van der Waals surface area contributed by atoms with Crippen molar-refractivity contribution in [2.45, 2.75) is 0 Å². The van der Waals surface area contributed by atoms with Gasteiger partial charge in [-0.15, -0.1) is 0 Å². The molecule has 0 aliphatic carbocycles. The van der Waals surface area contributed by atoms with Gasteiger partial charge in [0.1, 0.15) is 11.5 Å². The maximum absolute atomic E-state index is 12.0. The topological polar surface area (TPSA) is 42.2 Å². The molecule has 0 saturated carbocycles. The molecule has 2 aromatic carbocycles. The van der Waals surface area contributed by atoms with Gasteiger partial charge in [-0.05, 0) is 48.5 Å². The summed E-state index contributed by atoms with van der Waals surface area (Å²) >= 11 is 24.1. The lowest BCUT2D eigenvalue weighted by Crippen LogP contribution is -2.08. The second kappa shape index (κ2) is 8.19. The van der Waals surface area contributed by atoms with E-state index in [2.05, 4.69) is 5.32 Å². The van der Waals surface area contributed by atoms with Gasteiger partial charge in [-0.1, -0.05) is 52.5 Å². The molecule has 0 fully saturated rings. The van der Waals surface area contributed by atoms with Gasteiger partial charge >= 0.3 is 0 Å². The zero-order valence-corrected chi connectivity index (χ0v) is 16.1. The smallest absolute Gasteiger partial charge is 0.248 e. The van der Waals surface area contributed by atoms with Crippen LogP contribution in [0.3, 0.4) is 0 Å². The van der Waals surface area contributed by atoms with E-state index in [1.54, 1.807) is 48.5 Å². The second-order valence-corrected chi connectivity index (χ2v) is 6.88. The Morgan fingerprint density at radius 2 is 1.77 bits per heavy atom. The van der Waals surface area contributed by atoms with Crippen molar-refractivity contribution in [1.29, 1.82) is 0 Å². The van der Waals surface area contributed by atoms with Crippen molar-refractivity contribution < 1.29 is 9.21 Å². The summed E-state index contributed by atoms with van der Waals surface area (Å²) in [5.74, 6) is 0.673. The first kappa shape index (κ1) is 18.9. The van der Waals surface area contributed by atoms with Crippen molar-refractivity contribution in [3.63, 3.8) is 0 Å². The molecule has 132 valence electrons. The number of benzene rings is 2. The van der Waals surface area contributed by atoms with Crippen LogP contribution in [-0.2, 0) is 4.79 Å². The van der Waals surface area contributed by atoms with E-state index in [-0.39, 0.29) is 5.91 Å². The fraction of sp³-hybridized carbons (Fsp3) is 0. The lowest BCUT2D eigenvalue weighted by atomic mass is 10.2. The van der Waals surface area contributed by atoms with Gasteiger partial charge in [-0.2, -0.15) is 0 Å². The molecule has 0 saturated heterocycles. The van der Waals surface area contributed by atoms with Crippen LogP contribution in [0.5, 0.6) is 0 Å². The van der Waals surface area contributed by atoms with Crippen molar-refractivity contribution >= 4 is 64.1 Å². The SMILES string of the molecule is O=C(C=Cc1ccc(-c2cccc(Cl)c2Cl)o1)Nc1cc(Cl)ccc1Cl. The first-order valence-electron chi connectivity index (χ1n) is 7.42. The molecule has 3 aromatic rings. The summed E-state index contributed by atoms with van der Waals surface area (Å²) in [5.41, 5.74) is 1.11. The Morgan fingerprint density at radius 3 is 2.58 bits per heavy atom.